The van der Waals surface area contributed by atoms with E-state index in [1.165, 1.54) is 25.1 Å². The number of hydrogen-bond acceptors (Lipinski definition) is 6. The van der Waals surface area contributed by atoms with Gasteiger partial charge in [0.05, 0.1) is 28.8 Å². The molecule has 2 aromatic heterocycles. The Bertz CT molecular complexity index is 1720. The Balaban J connectivity index is 1.70. The first-order valence-corrected chi connectivity index (χ1v) is 12.4. The van der Waals surface area contributed by atoms with Gasteiger partial charge in [0, 0.05) is 24.0 Å². The molecule has 0 saturated carbocycles. The van der Waals surface area contributed by atoms with E-state index in [1.54, 1.807) is 0 Å². The molecule has 39 heavy (non-hydrogen) atoms. The van der Waals surface area contributed by atoms with Crippen LogP contribution >= 0.6 is 0 Å². The number of nitriles is 1. The molecule has 14 heteroatoms. The number of benzene rings is 2. The fraction of sp³-hybridized carbons (Fsp3) is 0.120. The third kappa shape index (κ3) is 5.48. The van der Waals surface area contributed by atoms with Crippen LogP contribution in [0.5, 0.6) is 0 Å². The molecule has 0 aliphatic rings. The third-order valence-corrected chi connectivity index (χ3v) is 7.45. The molecule has 0 bridgehead atoms. The summed E-state index contributed by atoms with van der Waals surface area (Å²) in [5.74, 6) is -3.22. The van der Waals surface area contributed by atoms with Gasteiger partial charge in [0.1, 0.15) is 23.2 Å². The van der Waals surface area contributed by atoms with Gasteiger partial charge in [-0.05, 0) is 54.4 Å². The quantitative estimate of drug-likeness (QED) is 0.209. The van der Waals surface area contributed by atoms with Gasteiger partial charge in [-0.1, -0.05) is 6.07 Å². The summed E-state index contributed by atoms with van der Waals surface area (Å²) in [5.41, 5.74) is 6.57. The van der Waals surface area contributed by atoms with E-state index in [-0.39, 0.29) is 39.8 Å². The number of rotatable bonds is 6. The Morgan fingerprint density at radius 2 is 1.69 bits per heavy atom. The SMILES string of the molecule is Cc1c(F)cc(C(N)=NCc2cc(-c3cnc(C(F)(F)F)nc3)ccc2C#N)n1S(=O)(=O)c1ccc(F)cc1. The van der Waals surface area contributed by atoms with Crippen molar-refractivity contribution < 1.29 is 30.4 Å². The monoisotopic (exact) mass is 560 g/mol. The number of aromatic nitrogens is 3. The predicted octanol–water partition coefficient (Wildman–Crippen LogP) is 4.56. The van der Waals surface area contributed by atoms with Gasteiger partial charge >= 0.3 is 6.18 Å². The lowest BCUT2D eigenvalue weighted by Crippen LogP contribution is -2.24. The van der Waals surface area contributed by atoms with Gasteiger partial charge in [-0.2, -0.15) is 18.4 Å². The zero-order valence-corrected chi connectivity index (χ0v) is 20.7. The number of nitrogens with zero attached hydrogens (tertiary/aromatic N) is 5. The number of amidine groups is 1. The standard InChI is InChI=1S/C25H17F5N6O2S/c1-14-21(27)9-22(36(14)39(37,38)20-6-4-19(26)5-7-20)23(32)33-11-17-8-15(2-3-16(17)10-31)18-12-34-24(35-13-18)25(28,29)30/h2-9,12-13H,11H2,1H3,(H2,32,33). The summed E-state index contributed by atoms with van der Waals surface area (Å²) in [7, 11) is -4.39. The number of hydrogen-bond donors (Lipinski definition) is 1. The molecule has 0 aliphatic carbocycles. The van der Waals surface area contributed by atoms with Crippen molar-refractivity contribution in [1.82, 2.24) is 13.9 Å². The second-order valence-corrected chi connectivity index (χ2v) is 9.95. The smallest absolute Gasteiger partial charge is 0.382 e. The fourth-order valence-corrected chi connectivity index (χ4v) is 5.19. The molecule has 8 nitrogen and oxygen atoms in total. The highest BCUT2D eigenvalue weighted by Crippen LogP contribution is 2.28. The fourth-order valence-electron chi connectivity index (χ4n) is 3.65. The van der Waals surface area contributed by atoms with Crippen molar-refractivity contribution in [2.75, 3.05) is 0 Å². The summed E-state index contributed by atoms with van der Waals surface area (Å²) in [6.07, 6.45) is -2.74. The zero-order chi connectivity index (χ0) is 28.5. The van der Waals surface area contributed by atoms with E-state index >= 15 is 0 Å². The second kappa shape index (κ2) is 10.3. The largest absolute Gasteiger partial charge is 0.451 e. The van der Waals surface area contributed by atoms with Crippen LogP contribution in [0.2, 0.25) is 0 Å². The minimum Gasteiger partial charge on any atom is -0.382 e. The first-order chi connectivity index (χ1) is 18.3. The van der Waals surface area contributed by atoms with Crippen LogP contribution in [-0.2, 0) is 22.7 Å². The van der Waals surface area contributed by atoms with Crippen LogP contribution in [0.4, 0.5) is 22.0 Å². The lowest BCUT2D eigenvalue weighted by Gasteiger charge is -2.13. The zero-order valence-electron chi connectivity index (χ0n) is 19.9. The minimum atomic E-state index is -4.71. The molecule has 0 unspecified atom stereocenters. The first-order valence-electron chi connectivity index (χ1n) is 10.9. The highest BCUT2D eigenvalue weighted by atomic mass is 32.2. The van der Waals surface area contributed by atoms with E-state index in [9.17, 15) is 35.6 Å². The van der Waals surface area contributed by atoms with Crippen molar-refractivity contribution in [3.05, 3.63) is 101 Å². The summed E-state index contributed by atoms with van der Waals surface area (Å²) in [4.78, 5) is 10.5. The maximum atomic E-state index is 14.5. The van der Waals surface area contributed by atoms with E-state index in [4.69, 9.17) is 5.73 Å². The Kier molecular flexibility index (Phi) is 7.21. The van der Waals surface area contributed by atoms with Crippen LogP contribution in [0, 0.1) is 29.9 Å². The third-order valence-electron chi connectivity index (χ3n) is 5.63. The molecule has 0 amide bonds. The van der Waals surface area contributed by atoms with Crippen LogP contribution < -0.4 is 5.73 Å². The topological polar surface area (TPSA) is 127 Å². The maximum Gasteiger partial charge on any atom is 0.451 e. The normalized spacial score (nSPS) is 12.4. The highest BCUT2D eigenvalue weighted by Gasteiger charge is 2.34. The Morgan fingerprint density at radius 1 is 1.05 bits per heavy atom. The van der Waals surface area contributed by atoms with Gasteiger partial charge in [-0.25, -0.2) is 31.1 Å². The van der Waals surface area contributed by atoms with Crippen LogP contribution in [-0.4, -0.2) is 28.2 Å². The molecule has 2 aromatic carbocycles. The molecular weight excluding hydrogens is 543 g/mol. The van der Waals surface area contributed by atoms with E-state index in [0.717, 1.165) is 42.7 Å². The van der Waals surface area contributed by atoms with Crippen LogP contribution in [0.25, 0.3) is 11.1 Å². The molecule has 4 aromatic rings. The molecule has 0 radical (unpaired) electrons. The summed E-state index contributed by atoms with van der Waals surface area (Å²) < 4.78 is 93.2. The van der Waals surface area contributed by atoms with Crippen molar-refractivity contribution in [3.63, 3.8) is 0 Å². The van der Waals surface area contributed by atoms with Crippen LogP contribution in [0.3, 0.4) is 0 Å². The van der Waals surface area contributed by atoms with E-state index in [0.29, 0.717) is 15.1 Å². The minimum absolute atomic E-state index is 0.166. The molecule has 2 heterocycles. The van der Waals surface area contributed by atoms with Gasteiger partial charge < -0.3 is 5.73 Å². The molecule has 200 valence electrons. The highest BCUT2D eigenvalue weighted by molar-refractivity contribution is 7.90. The molecule has 4 rings (SSSR count). The molecule has 0 fully saturated rings. The molecule has 0 saturated heterocycles. The molecule has 2 N–H and O–H groups in total. The number of alkyl halides is 3. The molecule has 0 atom stereocenters. The Labute approximate surface area is 219 Å². The lowest BCUT2D eigenvalue weighted by atomic mass is 10.0. The van der Waals surface area contributed by atoms with Gasteiger partial charge in [0.15, 0.2) is 0 Å². The molecule has 0 spiro atoms. The van der Waals surface area contributed by atoms with Gasteiger partial charge in [0.25, 0.3) is 10.0 Å². The average Bonchev–Trinajstić information content (AvgIpc) is 3.21. The Morgan fingerprint density at radius 3 is 2.28 bits per heavy atom. The van der Waals surface area contributed by atoms with Crippen LogP contribution in [0.1, 0.15) is 28.3 Å². The summed E-state index contributed by atoms with van der Waals surface area (Å²) >= 11 is 0. The van der Waals surface area contributed by atoms with Crippen molar-refractivity contribution >= 4 is 15.9 Å². The number of nitrogens with two attached hydrogens (primary N) is 1. The van der Waals surface area contributed by atoms with E-state index < -0.39 is 33.7 Å². The van der Waals surface area contributed by atoms with E-state index in [2.05, 4.69) is 15.0 Å². The Hall–Kier alpha value is -4.64. The second-order valence-electron chi connectivity index (χ2n) is 8.16. The van der Waals surface area contributed by atoms with Gasteiger partial charge in [-0.3, -0.25) is 4.99 Å². The number of halogens is 5. The molecule has 0 aliphatic heterocycles. The lowest BCUT2D eigenvalue weighted by molar-refractivity contribution is -0.144. The van der Waals surface area contributed by atoms with E-state index in [1.807, 2.05) is 6.07 Å². The van der Waals surface area contributed by atoms with Crippen LogP contribution in [0.15, 0.2) is 70.8 Å². The molecular formula is C25H17F5N6O2S. The summed E-state index contributed by atoms with van der Waals surface area (Å²) in [6, 6.07) is 11.2. The van der Waals surface area contributed by atoms with Gasteiger partial charge in [0.2, 0.25) is 5.82 Å². The summed E-state index contributed by atoms with van der Waals surface area (Å²) in [6.45, 7) is 0.961. The van der Waals surface area contributed by atoms with Crippen molar-refractivity contribution in [3.8, 4) is 17.2 Å². The summed E-state index contributed by atoms with van der Waals surface area (Å²) in [5, 5.41) is 9.49. The van der Waals surface area contributed by atoms with Gasteiger partial charge in [-0.15, -0.1) is 0 Å². The predicted molar refractivity (Wildman–Crippen MR) is 130 cm³/mol. The average molecular weight is 561 g/mol. The van der Waals surface area contributed by atoms with Crippen molar-refractivity contribution in [2.45, 2.75) is 24.5 Å². The number of aliphatic imine (C=N–C) groups is 1. The van der Waals surface area contributed by atoms with Crippen molar-refractivity contribution in [1.29, 1.82) is 5.26 Å². The van der Waals surface area contributed by atoms with Crippen molar-refractivity contribution in [2.24, 2.45) is 10.7 Å². The first kappa shape index (κ1) is 27.4. The maximum absolute atomic E-state index is 14.5.